The third-order valence-corrected chi connectivity index (χ3v) is 2.24. The van der Waals surface area contributed by atoms with Gasteiger partial charge in [-0.05, 0) is 25.7 Å². The van der Waals surface area contributed by atoms with Gasteiger partial charge in [-0.3, -0.25) is 0 Å². The minimum Gasteiger partial charge on any atom is -0.394 e. The van der Waals surface area contributed by atoms with Crippen molar-refractivity contribution in [3.63, 3.8) is 0 Å². The van der Waals surface area contributed by atoms with Gasteiger partial charge in [0.1, 0.15) is 0 Å². The van der Waals surface area contributed by atoms with Crippen molar-refractivity contribution < 1.29 is 5.11 Å². The van der Waals surface area contributed by atoms with E-state index in [0.717, 1.165) is 6.04 Å². The minimum absolute atomic E-state index is 0.182. The van der Waals surface area contributed by atoms with Crippen LogP contribution in [0.3, 0.4) is 0 Å². The monoisotopic (exact) mass is 127 g/mol. The van der Waals surface area contributed by atoms with Gasteiger partial charge in [-0.15, -0.1) is 0 Å². The number of aliphatic hydroxyl groups excluding tert-OH is 1. The standard InChI is InChI=1S/C7H13NO/c9-5-7(3-4-7)8-6-1-2-6/h6,8-9H,1-5H2. The van der Waals surface area contributed by atoms with Crippen LogP contribution in [-0.4, -0.2) is 23.3 Å². The summed E-state index contributed by atoms with van der Waals surface area (Å²) in [5.41, 5.74) is 0.182. The number of nitrogens with one attached hydrogen (secondary N) is 1. The summed E-state index contributed by atoms with van der Waals surface area (Å²) in [4.78, 5) is 0. The molecule has 0 aromatic heterocycles. The van der Waals surface area contributed by atoms with Crippen LogP contribution in [0.15, 0.2) is 0 Å². The highest BCUT2D eigenvalue weighted by Gasteiger charge is 2.45. The quantitative estimate of drug-likeness (QED) is 0.570. The van der Waals surface area contributed by atoms with Crippen LogP contribution in [0.2, 0.25) is 0 Å². The third-order valence-electron chi connectivity index (χ3n) is 2.24. The van der Waals surface area contributed by atoms with Gasteiger partial charge in [-0.2, -0.15) is 0 Å². The van der Waals surface area contributed by atoms with Crippen molar-refractivity contribution in [2.75, 3.05) is 6.61 Å². The fourth-order valence-corrected chi connectivity index (χ4v) is 1.16. The van der Waals surface area contributed by atoms with E-state index in [-0.39, 0.29) is 5.54 Å². The van der Waals surface area contributed by atoms with Crippen LogP contribution in [0, 0.1) is 0 Å². The van der Waals surface area contributed by atoms with Crippen LogP contribution in [-0.2, 0) is 0 Å². The van der Waals surface area contributed by atoms with Crippen molar-refractivity contribution >= 4 is 0 Å². The van der Waals surface area contributed by atoms with E-state index in [1.54, 1.807) is 0 Å². The molecule has 52 valence electrons. The number of hydrogen-bond acceptors (Lipinski definition) is 2. The fourth-order valence-electron chi connectivity index (χ4n) is 1.16. The van der Waals surface area contributed by atoms with E-state index in [2.05, 4.69) is 5.32 Å². The molecule has 2 rings (SSSR count). The van der Waals surface area contributed by atoms with Gasteiger partial charge >= 0.3 is 0 Å². The zero-order valence-electron chi connectivity index (χ0n) is 5.56. The molecule has 2 saturated carbocycles. The van der Waals surface area contributed by atoms with E-state index >= 15 is 0 Å². The number of hydrogen-bond donors (Lipinski definition) is 2. The van der Waals surface area contributed by atoms with Crippen LogP contribution in [0.5, 0.6) is 0 Å². The van der Waals surface area contributed by atoms with Gasteiger partial charge in [0, 0.05) is 11.6 Å². The third kappa shape index (κ3) is 1.10. The molecule has 0 aromatic carbocycles. The maximum atomic E-state index is 8.87. The molecular formula is C7H13NO. The molecule has 0 saturated heterocycles. The summed E-state index contributed by atoms with van der Waals surface area (Å²) in [5, 5.41) is 12.3. The Labute approximate surface area is 55.3 Å². The Morgan fingerprint density at radius 2 is 2.11 bits per heavy atom. The maximum absolute atomic E-state index is 8.87. The molecule has 0 atom stereocenters. The highest BCUT2D eigenvalue weighted by atomic mass is 16.3. The van der Waals surface area contributed by atoms with Crippen LogP contribution < -0.4 is 5.32 Å². The van der Waals surface area contributed by atoms with Gasteiger partial charge < -0.3 is 10.4 Å². The van der Waals surface area contributed by atoms with Gasteiger partial charge in [0.25, 0.3) is 0 Å². The van der Waals surface area contributed by atoms with Crippen LogP contribution in [0.1, 0.15) is 25.7 Å². The SMILES string of the molecule is OCC1(NC2CC2)CC1. The first-order valence-corrected chi connectivity index (χ1v) is 3.73. The van der Waals surface area contributed by atoms with Crippen LogP contribution in [0.25, 0.3) is 0 Å². The van der Waals surface area contributed by atoms with Crippen molar-refractivity contribution in [2.24, 2.45) is 0 Å². The lowest BCUT2D eigenvalue weighted by atomic mass is 10.3. The van der Waals surface area contributed by atoms with E-state index in [1.165, 1.54) is 25.7 Å². The first kappa shape index (κ1) is 5.69. The molecule has 0 bridgehead atoms. The summed E-state index contributed by atoms with van der Waals surface area (Å²) in [5.74, 6) is 0. The van der Waals surface area contributed by atoms with E-state index < -0.39 is 0 Å². The lowest BCUT2D eigenvalue weighted by molar-refractivity contribution is 0.229. The van der Waals surface area contributed by atoms with E-state index in [1.807, 2.05) is 0 Å². The summed E-state index contributed by atoms with van der Waals surface area (Å²) < 4.78 is 0. The second-order valence-corrected chi connectivity index (χ2v) is 3.36. The van der Waals surface area contributed by atoms with E-state index in [0.29, 0.717) is 6.61 Å². The molecule has 2 aliphatic rings. The van der Waals surface area contributed by atoms with Crippen LogP contribution in [0.4, 0.5) is 0 Å². The molecule has 0 aromatic rings. The normalized spacial score (nSPS) is 30.3. The van der Waals surface area contributed by atoms with E-state index in [4.69, 9.17) is 5.11 Å². The zero-order chi connectivity index (χ0) is 6.32. The summed E-state index contributed by atoms with van der Waals surface area (Å²) in [7, 11) is 0. The first-order chi connectivity index (χ1) is 4.35. The molecule has 2 N–H and O–H groups in total. The Hall–Kier alpha value is -0.0800. The summed E-state index contributed by atoms with van der Waals surface area (Å²) in [6.07, 6.45) is 5.00. The van der Waals surface area contributed by atoms with Crippen molar-refractivity contribution in [3.8, 4) is 0 Å². The predicted molar refractivity (Wildman–Crippen MR) is 35.2 cm³/mol. The Morgan fingerprint density at radius 3 is 2.44 bits per heavy atom. The molecule has 2 fully saturated rings. The zero-order valence-corrected chi connectivity index (χ0v) is 5.56. The second-order valence-electron chi connectivity index (χ2n) is 3.36. The van der Waals surface area contributed by atoms with Crippen molar-refractivity contribution in [1.29, 1.82) is 0 Å². The number of aliphatic hydroxyl groups is 1. The van der Waals surface area contributed by atoms with Gasteiger partial charge in [0.2, 0.25) is 0 Å². The van der Waals surface area contributed by atoms with Crippen molar-refractivity contribution in [2.45, 2.75) is 37.3 Å². The molecule has 2 nitrogen and oxygen atoms in total. The highest BCUT2D eigenvalue weighted by Crippen LogP contribution is 2.38. The van der Waals surface area contributed by atoms with Gasteiger partial charge in [-0.1, -0.05) is 0 Å². The minimum atomic E-state index is 0.182. The molecule has 2 heteroatoms. The van der Waals surface area contributed by atoms with E-state index in [9.17, 15) is 0 Å². The topological polar surface area (TPSA) is 32.3 Å². The van der Waals surface area contributed by atoms with Crippen LogP contribution >= 0.6 is 0 Å². The fraction of sp³-hybridized carbons (Fsp3) is 1.00. The summed E-state index contributed by atoms with van der Waals surface area (Å²) in [6.45, 7) is 0.337. The first-order valence-electron chi connectivity index (χ1n) is 3.73. The van der Waals surface area contributed by atoms with Gasteiger partial charge in [0.05, 0.1) is 6.61 Å². The van der Waals surface area contributed by atoms with Gasteiger partial charge in [-0.25, -0.2) is 0 Å². The van der Waals surface area contributed by atoms with Crippen molar-refractivity contribution in [1.82, 2.24) is 5.32 Å². The lowest BCUT2D eigenvalue weighted by Crippen LogP contribution is -2.36. The summed E-state index contributed by atoms with van der Waals surface area (Å²) >= 11 is 0. The average molecular weight is 127 g/mol. The second kappa shape index (κ2) is 1.70. The Morgan fingerprint density at radius 1 is 1.44 bits per heavy atom. The Bertz CT molecular complexity index is 116. The average Bonchev–Trinajstić information content (AvgIpc) is 2.68. The summed E-state index contributed by atoms with van der Waals surface area (Å²) in [6, 6.07) is 0.750. The van der Waals surface area contributed by atoms with Gasteiger partial charge in [0.15, 0.2) is 0 Å². The smallest absolute Gasteiger partial charge is 0.0613 e. The highest BCUT2D eigenvalue weighted by molar-refractivity contribution is 5.05. The molecule has 0 amide bonds. The Balaban J connectivity index is 1.81. The molecule has 0 radical (unpaired) electrons. The molecule has 0 aliphatic heterocycles. The molecule has 0 heterocycles. The molecule has 9 heavy (non-hydrogen) atoms. The molecule has 0 spiro atoms. The predicted octanol–water partition coefficient (Wildman–Crippen LogP) is 0.263. The molecule has 2 aliphatic carbocycles. The number of rotatable bonds is 3. The largest absolute Gasteiger partial charge is 0.394 e. The lowest BCUT2D eigenvalue weighted by Gasteiger charge is -2.12. The van der Waals surface area contributed by atoms with Crippen molar-refractivity contribution in [3.05, 3.63) is 0 Å². The Kier molecular flexibility index (Phi) is 1.08. The molecular weight excluding hydrogens is 114 g/mol. The maximum Gasteiger partial charge on any atom is 0.0613 e. The molecule has 0 unspecified atom stereocenters.